The minimum absolute atomic E-state index is 0.254. The maximum atomic E-state index is 14.0. The number of hydrogen-bond donors (Lipinski definition) is 3. The van der Waals surface area contributed by atoms with E-state index in [1.165, 1.54) is 4.90 Å². The first-order valence-electron chi connectivity index (χ1n) is 14.5. The van der Waals surface area contributed by atoms with E-state index in [0.29, 0.717) is 22.7 Å². The Hall–Kier alpha value is -3.10. The molecule has 0 aliphatic carbocycles. The SMILES string of the molecule is CCCCCCCN(C(=O)C(CO)NC(=O)OC(C)(C)C)C(C(=O)Nc1c(C)cccc1Cl)c1ccc(CC)cc1. The molecule has 3 N–H and O–H groups in total. The predicted molar refractivity (Wildman–Crippen MR) is 164 cm³/mol. The van der Waals surface area contributed by atoms with Crippen LogP contribution in [0.4, 0.5) is 10.5 Å². The second kappa shape index (κ2) is 16.4. The van der Waals surface area contributed by atoms with E-state index in [0.717, 1.165) is 43.2 Å². The topological polar surface area (TPSA) is 108 Å². The Morgan fingerprint density at radius 1 is 1.00 bits per heavy atom. The van der Waals surface area contributed by atoms with Crippen LogP contribution < -0.4 is 10.6 Å². The van der Waals surface area contributed by atoms with Crippen LogP contribution in [0.5, 0.6) is 0 Å². The highest BCUT2D eigenvalue weighted by Gasteiger charge is 2.36. The van der Waals surface area contributed by atoms with Gasteiger partial charge in [0.05, 0.1) is 17.3 Å². The Morgan fingerprint density at radius 3 is 2.22 bits per heavy atom. The molecule has 8 nitrogen and oxygen atoms in total. The number of unbranched alkanes of at least 4 members (excludes halogenated alkanes) is 4. The molecule has 0 radical (unpaired) electrons. The summed E-state index contributed by atoms with van der Waals surface area (Å²) in [5, 5.41) is 16.0. The van der Waals surface area contributed by atoms with Gasteiger partial charge in [0.15, 0.2) is 0 Å². The number of hydrogen-bond acceptors (Lipinski definition) is 5. The van der Waals surface area contributed by atoms with Crippen LogP contribution in [0.2, 0.25) is 5.02 Å². The lowest BCUT2D eigenvalue weighted by Crippen LogP contribution is -2.54. The Kier molecular flexibility index (Phi) is 13.6. The van der Waals surface area contributed by atoms with Crippen LogP contribution in [-0.4, -0.2) is 52.7 Å². The van der Waals surface area contributed by atoms with Gasteiger partial charge in [-0.3, -0.25) is 9.59 Å². The quantitative estimate of drug-likeness (QED) is 0.217. The zero-order valence-corrected chi connectivity index (χ0v) is 26.0. The van der Waals surface area contributed by atoms with E-state index in [1.807, 2.05) is 44.2 Å². The number of halogens is 1. The molecule has 0 saturated heterocycles. The number of rotatable bonds is 14. The number of benzene rings is 2. The zero-order chi connectivity index (χ0) is 30.6. The summed E-state index contributed by atoms with van der Waals surface area (Å²) in [6.07, 6.45) is 4.66. The second-order valence-corrected chi connectivity index (χ2v) is 11.7. The van der Waals surface area contributed by atoms with E-state index in [-0.39, 0.29) is 6.54 Å². The average molecular weight is 588 g/mol. The van der Waals surface area contributed by atoms with Gasteiger partial charge in [-0.05, 0) is 63.3 Å². The maximum Gasteiger partial charge on any atom is 0.408 e. The average Bonchev–Trinajstić information content (AvgIpc) is 2.92. The third-order valence-electron chi connectivity index (χ3n) is 6.69. The molecule has 226 valence electrons. The van der Waals surface area contributed by atoms with Crippen molar-refractivity contribution in [3.05, 3.63) is 64.2 Å². The summed E-state index contributed by atoms with van der Waals surface area (Å²) in [5.74, 6) is -1.02. The normalized spacial score (nSPS) is 12.8. The van der Waals surface area contributed by atoms with Crippen molar-refractivity contribution in [3.8, 4) is 0 Å². The van der Waals surface area contributed by atoms with Crippen LogP contribution >= 0.6 is 11.6 Å². The molecular weight excluding hydrogens is 542 g/mol. The summed E-state index contributed by atoms with van der Waals surface area (Å²) in [6.45, 7) is 10.7. The molecule has 41 heavy (non-hydrogen) atoms. The molecule has 9 heteroatoms. The lowest BCUT2D eigenvalue weighted by Gasteiger charge is -2.34. The summed E-state index contributed by atoms with van der Waals surface area (Å²) >= 11 is 6.43. The summed E-state index contributed by atoms with van der Waals surface area (Å²) < 4.78 is 5.32. The van der Waals surface area contributed by atoms with E-state index < -0.39 is 42.2 Å². The molecule has 0 spiro atoms. The van der Waals surface area contributed by atoms with Crippen molar-refractivity contribution in [2.75, 3.05) is 18.5 Å². The fourth-order valence-electron chi connectivity index (χ4n) is 4.48. The molecule has 0 fully saturated rings. The molecule has 2 unspecified atom stereocenters. The summed E-state index contributed by atoms with van der Waals surface area (Å²) in [7, 11) is 0. The Labute approximate surface area is 249 Å². The first-order chi connectivity index (χ1) is 19.4. The molecule has 0 heterocycles. The number of nitrogens with one attached hydrogen (secondary N) is 2. The number of aryl methyl sites for hydroxylation is 2. The van der Waals surface area contributed by atoms with E-state index in [4.69, 9.17) is 16.3 Å². The minimum atomic E-state index is -1.30. The van der Waals surface area contributed by atoms with Crippen molar-refractivity contribution in [2.45, 2.75) is 97.8 Å². The van der Waals surface area contributed by atoms with Crippen LogP contribution in [0, 0.1) is 6.92 Å². The number of carbonyl (C=O) groups excluding carboxylic acids is 3. The lowest BCUT2D eigenvalue weighted by atomic mass is 9.99. The molecule has 2 atom stereocenters. The summed E-state index contributed by atoms with van der Waals surface area (Å²) in [6, 6.07) is 10.6. The highest BCUT2D eigenvalue weighted by molar-refractivity contribution is 6.34. The van der Waals surface area contributed by atoms with Crippen molar-refractivity contribution in [3.63, 3.8) is 0 Å². The predicted octanol–water partition coefficient (Wildman–Crippen LogP) is 6.58. The molecule has 2 rings (SSSR count). The van der Waals surface area contributed by atoms with Gasteiger partial charge in [0.1, 0.15) is 17.7 Å². The van der Waals surface area contributed by atoms with Crippen molar-refractivity contribution in [1.29, 1.82) is 0 Å². The monoisotopic (exact) mass is 587 g/mol. The third-order valence-corrected chi connectivity index (χ3v) is 7.01. The Morgan fingerprint density at radius 2 is 1.66 bits per heavy atom. The Bertz CT molecular complexity index is 1130. The van der Waals surface area contributed by atoms with E-state index in [1.54, 1.807) is 32.9 Å². The van der Waals surface area contributed by atoms with Crippen molar-refractivity contribution in [1.82, 2.24) is 10.2 Å². The van der Waals surface area contributed by atoms with E-state index in [9.17, 15) is 19.5 Å². The molecule has 0 aliphatic heterocycles. The van der Waals surface area contributed by atoms with Gasteiger partial charge in [0.25, 0.3) is 5.91 Å². The number of anilines is 1. The van der Waals surface area contributed by atoms with E-state index in [2.05, 4.69) is 17.6 Å². The van der Waals surface area contributed by atoms with Gasteiger partial charge in [0.2, 0.25) is 5.91 Å². The molecule has 3 amide bonds. The maximum absolute atomic E-state index is 14.0. The lowest BCUT2D eigenvalue weighted by molar-refractivity contribution is -0.141. The van der Waals surface area contributed by atoms with Crippen molar-refractivity contribution in [2.24, 2.45) is 0 Å². The summed E-state index contributed by atoms with van der Waals surface area (Å²) in [4.78, 5) is 42.0. The van der Waals surface area contributed by atoms with Gasteiger partial charge in [-0.1, -0.05) is 87.5 Å². The van der Waals surface area contributed by atoms with Crippen LogP contribution in [0.15, 0.2) is 42.5 Å². The number of ether oxygens (including phenoxy) is 1. The van der Waals surface area contributed by atoms with Crippen LogP contribution in [0.1, 0.15) is 89.5 Å². The molecule has 0 aromatic heterocycles. The standard InChI is InChI=1S/C32H46ClN3O5/c1-7-9-10-11-12-20-36(30(39)26(21-37)34-31(40)41-32(4,5)6)28(24-18-16-23(8-2)17-19-24)29(38)35-27-22(3)14-13-15-25(27)33/h13-19,26,28,37H,7-12,20-21H2,1-6H3,(H,34,40)(H,35,38). The van der Waals surface area contributed by atoms with Gasteiger partial charge in [-0.2, -0.15) is 0 Å². The van der Waals surface area contributed by atoms with Gasteiger partial charge in [-0.15, -0.1) is 0 Å². The first kappa shape index (κ1) is 34.1. The van der Waals surface area contributed by atoms with Gasteiger partial charge in [-0.25, -0.2) is 4.79 Å². The molecule has 2 aromatic rings. The smallest absolute Gasteiger partial charge is 0.408 e. The number of amides is 3. The van der Waals surface area contributed by atoms with Crippen LogP contribution in [0.3, 0.4) is 0 Å². The number of aliphatic hydroxyl groups is 1. The Balaban J connectivity index is 2.52. The van der Waals surface area contributed by atoms with Crippen LogP contribution in [0.25, 0.3) is 0 Å². The van der Waals surface area contributed by atoms with E-state index >= 15 is 0 Å². The first-order valence-corrected chi connectivity index (χ1v) is 14.8. The number of para-hydroxylation sites is 1. The van der Waals surface area contributed by atoms with Gasteiger partial charge in [0, 0.05) is 6.54 Å². The number of nitrogens with zero attached hydrogens (tertiary/aromatic N) is 1. The fraction of sp³-hybridized carbons (Fsp3) is 0.531. The van der Waals surface area contributed by atoms with Gasteiger partial charge < -0.3 is 25.4 Å². The molecule has 0 bridgehead atoms. The van der Waals surface area contributed by atoms with Crippen molar-refractivity contribution >= 4 is 35.2 Å². The minimum Gasteiger partial charge on any atom is -0.444 e. The highest BCUT2D eigenvalue weighted by Crippen LogP contribution is 2.30. The molecule has 0 saturated carbocycles. The van der Waals surface area contributed by atoms with Crippen LogP contribution in [-0.2, 0) is 20.7 Å². The van der Waals surface area contributed by atoms with Gasteiger partial charge >= 0.3 is 6.09 Å². The number of carbonyl (C=O) groups is 3. The van der Waals surface area contributed by atoms with Crippen molar-refractivity contribution < 1.29 is 24.2 Å². The highest BCUT2D eigenvalue weighted by atomic mass is 35.5. The third kappa shape index (κ3) is 10.7. The molecule has 2 aromatic carbocycles. The second-order valence-electron chi connectivity index (χ2n) is 11.2. The zero-order valence-electron chi connectivity index (χ0n) is 25.3. The molecular formula is C32H46ClN3O5. The summed E-state index contributed by atoms with van der Waals surface area (Å²) in [5.41, 5.74) is 2.16. The fourth-order valence-corrected chi connectivity index (χ4v) is 4.75. The number of aliphatic hydroxyl groups excluding tert-OH is 1. The number of alkyl carbamates (subject to hydrolysis) is 1. The largest absolute Gasteiger partial charge is 0.444 e. The molecule has 0 aliphatic rings.